The lowest BCUT2D eigenvalue weighted by Gasteiger charge is -2.62. The molecule has 3 fully saturated rings. The molecule has 2 saturated heterocycles. The van der Waals surface area contributed by atoms with E-state index in [-0.39, 0.29) is 40.3 Å². The fourth-order valence-corrected chi connectivity index (χ4v) is 7.97. The van der Waals surface area contributed by atoms with Crippen molar-refractivity contribution >= 4 is 11.8 Å². The third-order valence-corrected chi connectivity index (χ3v) is 9.47. The summed E-state index contributed by atoms with van der Waals surface area (Å²) in [5.74, 6) is -0.877. The average molecular weight is 418 g/mol. The van der Waals surface area contributed by atoms with Gasteiger partial charge in [-0.2, -0.15) is 0 Å². The molecule has 30 heavy (non-hydrogen) atoms. The molecule has 2 spiro atoms. The van der Waals surface area contributed by atoms with Crippen molar-refractivity contribution < 1.29 is 24.2 Å². The molecule has 3 aliphatic carbocycles. The largest absolute Gasteiger partial charge is 0.469 e. The summed E-state index contributed by atoms with van der Waals surface area (Å²) in [4.78, 5) is 28.2. The average Bonchev–Trinajstić information content (AvgIpc) is 3.18. The van der Waals surface area contributed by atoms with Crippen molar-refractivity contribution in [2.75, 3.05) is 33.9 Å². The number of methoxy groups -OCH3 is 1. The Hall–Kier alpha value is -1.24. The summed E-state index contributed by atoms with van der Waals surface area (Å²) in [6.07, 6.45) is 4.47. The van der Waals surface area contributed by atoms with Gasteiger partial charge in [0.2, 0.25) is 0 Å². The second-order valence-electron chi connectivity index (χ2n) is 10.9. The van der Waals surface area contributed by atoms with Gasteiger partial charge in [-0.15, -0.1) is 0 Å². The van der Waals surface area contributed by atoms with E-state index >= 15 is 0 Å². The van der Waals surface area contributed by atoms with Crippen LogP contribution in [0.1, 0.15) is 52.4 Å². The first-order valence-electron chi connectivity index (χ1n) is 11.6. The Morgan fingerprint density at radius 3 is 2.73 bits per heavy atom. The number of rotatable bonds is 2. The van der Waals surface area contributed by atoms with Gasteiger partial charge in [0, 0.05) is 48.6 Å². The number of likely N-dealkylation sites (tertiary alicyclic amines) is 1. The predicted molar refractivity (Wildman–Crippen MR) is 110 cm³/mol. The molecule has 0 radical (unpaired) electrons. The van der Waals surface area contributed by atoms with Crippen molar-refractivity contribution in [3.63, 3.8) is 0 Å². The highest BCUT2D eigenvalue weighted by molar-refractivity contribution is 6.01. The van der Waals surface area contributed by atoms with Gasteiger partial charge in [0.25, 0.3) is 0 Å². The first kappa shape index (κ1) is 20.7. The fraction of sp³-hybridized carbons (Fsp3) is 0.833. The highest BCUT2D eigenvalue weighted by Crippen LogP contribution is 2.71. The van der Waals surface area contributed by atoms with Crippen LogP contribution in [-0.4, -0.2) is 61.4 Å². The van der Waals surface area contributed by atoms with Gasteiger partial charge in [0.15, 0.2) is 11.6 Å². The van der Waals surface area contributed by atoms with E-state index in [1.54, 1.807) is 0 Å². The molecule has 6 nitrogen and oxygen atoms in total. The first-order chi connectivity index (χ1) is 14.2. The number of hydrogen-bond acceptors (Lipinski definition) is 6. The minimum Gasteiger partial charge on any atom is -0.469 e. The van der Waals surface area contributed by atoms with Gasteiger partial charge in [0.05, 0.1) is 19.6 Å². The number of aliphatic hydroxyl groups is 1. The summed E-state index contributed by atoms with van der Waals surface area (Å²) >= 11 is 0. The van der Waals surface area contributed by atoms with Gasteiger partial charge in [0.1, 0.15) is 0 Å². The number of carbonyl (C=O) groups excluding carboxylic acids is 2. The quantitative estimate of drug-likeness (QED) is 0.696. The Morgan fingerprint density at radius 2 is 2.10 bits per heavy atom. The Kier molecular flexibility index (Phi) is 4.56. The molecule has 1 saturated carbocycles. The lowest BCUT2D eigenvalue weighted by Crippen LogP contribution is -2.64. The molecular formula is C24H35NO5. The van der Waals surface area contributed by atoms with Crippen molar-refractivity contribution in [3.8, 4) is 0 Å². The van der Waals surface area contributed by atoms with Crippen LogP contribution in [0.25, 0.3) is 0 Å². The van der Waals surface area contributed by atoms with E-state index in [0.29, 0.717) is 25.4 Å². The van der Waals surface area contributed by atoms with E-state index in [1.807, 2.05) is 13.8 Å². The number of ether oxygens (including phenoxy) is 2. The maximum atomic E-state index is 13.0. The molecule has 2 aliphatic heterocycles. The summed E-state index contributed by atoms with van der Waals surface area (Å²) < 4.78 is 11.5. The molecule has 2 heterocycles. The third kappa shape index (κ3) is 2.47. The number of hydrogen-bond donors (Lipinski definition) is 1. The Bertz CT molecular complexity index is 808. The Balaban J connectivity index is 1.65. The summed E-state index contributed by atoms with van der Waals surface area (Å²) in [6, 6.07) is 0. The van der Waals surface area contributed by atoms with Gasteiger partial charge in [-0.3, -0.25) is 9.59 Å². The van der Waals surface area contributed by atoms with Gasteiger partial charge in [-0.1, -0.05) is 19.4 Å². The smallest absolute Gasteiger partial charge is 0.309 e. The first-order valence-corrected chi connectivity index (χ1v) is 11.6. The van der Waals surface area contributed by atoms with Gasteiger partial charge in [-0.05, 0) is 44.2 Å². The normalized spacial score (nSPS) is 45.8. The van der Waals surface area contributed by atoms with Crippen LogP contribution in [0.4, 0.5) is 0 Å². The zero-order valence-electron chi connectivity index (χ0n) is 18.7. The van der Waals surface area contributed by atoms with E-state index in [2.05, 4.69) is 11.9 Å². The van der Waals surface area contributed by atoms with Crippen LogP contribution < -0.4 is 0 Å². The molecule has 0 aromatic rings. The topological polar surface area (TPSA) is 76.1 Å². The number of esters is 1. The zero-order chi connectivity index (χ0) is 21.5. The van der Waals surface area contributed by atoms with E-state index in [0.717, 1.165) is 44.3 Å². The zero-order valence-corrected chi connectivity index (χ0v) is 18.7. The summed E-state index contributed by atoms with van der Waals surface area (Å²) in [5, 5.41) is 11.0. The summed E-state index contributed by atoms with van der Waals surface area (Å²) in [7, 11) is 3.62. The van der Waals surface area contributed by atoms with Crippen molar-refractivity contribution in [1.82, 2.24) is 4.90 Å². The molecule has 6 heteroatoms. The number of Topliss-reactive ketones (excluding diaryl/α,β-unsaturated/α-hetero) is 1. The highest BCUT2D eigenvalue weighted by atomic mass is 16.6. The highest BCUT2D eigenvalue weighted by Gasteiger charge is 2.70. The van der Waals surface area contributed by atoms with E-state index in [1.165, 1.54) is 12.7 Å². The van der Waals surface area contributed by atoms with Crippen LogP contribution in [0.15, 0.2) is 11.1 Å². The second-order valence-corrected chi connectivity index (χ2v) is 10.9. The molecule has 6 atom stereocenters. The van der Waals surface area contributed by atoms with Gasteiger partial charge < -0.3 is 19.5 Å². The van der Waals surface area contributed by atoms with E-state index in [9.17, 15) is 14.7 Å². The molecule has 1 unspecified atom stereocenters. The van der Waals surface area contributed by atoms with E-state index in [4.69, 9.17) is 9.47 Å². The molecule has 0 aromatic heterocycles. The third-order valence-electron chi connectivity index (χ3n) is 9.47. The molecular weight excluding hydrogens is 382 g/mol. The predicted octanol–water partition coefficient (Wildman–Crippen LogP) is 2.55. The fourth-order valence-electron chi connectivity index (χ4n) is 7.97. The molecule has 0 aromatic carbocycles. The number of nitrogens with zero attached hydrogens (tertiary/aromatic N) is 1. The lowest BCUT2D eigenvalue weighted by molar-refractivity contribution is -0.300. The molecule has 2 bridgehead atoms. The van der Waals surface area contributed by atoms with Crippen LogP contribution in [0.5, 0.6) is 0 Å². The maximum absolute atomic E-state index is 13.0. The monoisotopic (exact) mass is 417 g/mol. The van der Waals surface area contributed by atoms with Crippen LogP contribution in [0, 0.1) is 34.5 Å². The van der Waals surface area contributed by atoms with Crippen molar-refractivity contribution in [1.29, 1.82) is 0 Å². The number of carbonyl (C=O) groups is 2. The van der Waals surface area contributed by atoms with Crippen molar-refractivity contribution in [3.05, 3.63) is 11.1 Å². The minimum atomic E-state index is -1.09. The van der Waals surface area contributed by atoms with Crippen LogP contribution in [0.2, 0.25) is 0 Å². The van der Waals surface area contributed by atoms with Gasteiger partial charge in [-0.25, -0.2) is 0 Å². The maximum Gasteiger partial charge on any atom is 0.309 e. The van der Waals surface area contributed by atoms with Crippen LogP contribution in [0.3, 0.4) is 0 Å². The lowest BCUT2D eigenvalue weighted by atomic mass is 9.50. The minimum absolute atomic E-state index is 0.0204. The number of piperidine rings is 1. The molecule has 5 aliphatic rings. The number of allylic oxidation sites excluding steroid dienone is 1. The summed E-state index contributed by atoms with van der Waals surface area (Å²) in [5.41, 5.74) is 1.89. The Labute approximate surface area is 179 Å². The Morgan fingerprint density at radius 1 is 1.33 bits per heavy atom. The molecule has 166 valence electrons. The summed E-state index contributed by atoms with van der Waals surface area (Å²) in [6.45, 7) is 6.35. The van der Waals surface area contributed by atoms with Gasteiger partial charge >= 0.3 is 5.97 Å². The van der Waals surface area contributed by atoms with Crippen LogP contribution >= 0.6 is 0 Å². The molecule has 1 N–H and O–H groups in total. The van der Waals surface area contributed by atoms with Crippen molar-refractivity contribution in [2.24, 2.45) is 34.5 Å². The van der Waals surface area contributed by atoms with E-state index < -0.39 is 5.79 Å². The molecule has 0 amide bonds. The van der Waals surface area contributed by atoms with Crippen molar-refractivity contribution in [2.45, 2.75) is 58.2 Å². The SMILES string of the molecule is COC(=O)[C@@H]1C[C@@]23CN(C)C[C@@H](CCC4=C2[C@H]1CC4=O)C31CC[C@@](O)(C(C)C)OC1. The second kappa shape index (κ2) is 6.63. The van der Waals surface area contributed by atoms with Crippen LogP contribution in [-0.2, 0) is 19.1 Å². The standard InChI is InChI=1S/C24H35NO5/c1-14(2)24(28)8-7-22(13-30-24)15-5-6-16-19(26)9-17-18(21(27)29-4)10-23(22,20(16)17)12-25(3)11-15/h14-15,17-18,28H,5-13H2,1-4H3/t15-,17+,18-,22?,23-,24+/m1/s1. The number of ketones is 1. The molecule has 5 rings (SSSR count).